The molecule has 0 spiro atoms. The Morgan fingerprint density at radius 1 is 1.03 bits per heavy atom. The maximum atomic E-state index is 13.0. The molecule has 3 aromatic rings. The van der Waals surface area contributed by atoms with Crippen LogP contribution in [0, 0.1) is 0 Å². The van der Waals surface area contributed by atoms with Crippen molar-refractivity contribution in [2.75, 3.05) is 31.9 Å². The van der Waals surface area contributed by atoms with Crippen molar-refractivity contribution < 1.29 is 9.59 Å². The molecule has 0 saturated carbocycles. The quantitative estimate of drug-likeness (QED) is 0.446. The lowest BCUT2D eigenvalue weighted by Crippen LogP contribution is -2.35. The molecule has 1 aliphatic rings. The van der Waals surface area contributed by atoms with E-state index in [0.29, 0.717) is 31.7 Å². The number of carbonyl (C=O) groups excluding carboxylic acids is 2. The first-order valence-electron chi connectivity index (χ1n) is 12.9. The predicted octanol–water partition coefficient (Wildman–Crippen LogP) is 3.63. The van der Waals surface area contributed by atoms with Gasteiger partial charge in [-0.25, -0.2) is 0 Å². The molecule has 204 valence electrons. The van der Waals surface area contributed by atoms with Crippen LogP contribution in [-0.2, 0) is 16.6 Å². The Balaban J connectivity index is 0.00000400. The van der Waals surface area contributed by atoms with E-state index < -0.39 is 0 Å². The molecule has 0 aliphatic carbocycles. The van der Waals surface area contributed by atoms with Crippen LogP contribution in [0.1, 0.15) is 43.7 Å². The number of nitrogens with zero attached hydrogens (tertiary/aromatic N) is 5. The highest BCUT2D eigenvalue weighted by Crippen LogP contribution is 2.23. The molecule has 2 amide bonds. The van der Waals surface area contributed by atoms with Gasteiger partial charge in [0.25, 0.3) is 0 Å². The molecule has 11 heteroatoms. The van der Waals surface area contributed by atoms with Crippen molar-refractivity contribution in [1.82, 2.24) is 35.3 Å². The van der Waals surface area contributed by atoms with Crippen LogP contribution in [0.4, 0.5) is 0 Å². The highest BCUT2D eigenvalue weighted by atomic mass is 35.5. The fourth-order valence-corrected chi connectivity index (χ4v) is 5.23. The Kier molecular flexibility index (Phi) is 12.0. The molecule has 2 aromatic heterocycles. The van der Waals surface area contributed by atoms with Crippen LogP contribution in [0.2, 0.25) is 0 Å². The Morgan fingerprint density at radius 3 is 2.58 bits per heavy atom. The first kappa shape index (κ1) is 29.6. The molecule has 2 N–H and O–H groups in total. The molecule has 1 aliphatic heterocycles. The minimum atomic E-state index is -0.00333. The van der Waals surface area contributed by atoms with Gasteiger partial charge < -0.3 is 20.1 Å². The second-order valence-electron chi connectivity index (χ2n) is 9.11. The van der Waals surface area contributed by atoms with Gasteiger partial charge in [0.2, 0.25) is 11.8 Å². The van der Waals surface area contributed by atoms with E-state index in [1.807, 2.05) is 46.8 Å². The molecule has 9 nitrogen and oxygen atoms in total. The summed E-state index contributed by atoms with van der Waals surface area (Å²) in [6.07, 6.45) is 6.92. The molecule has 3 heterocycles. The Hall–Kier alpha value is -2.95. The number of hydrogen-bond donors (Lipinski definition) is 2. The maximum absolute atomic E-state index is 13.0. The predicted molar refractivity (Wildman–Crippen MR) is 152 cm³/mol. The number of nitrogens with one attached hydrogen (secondary N) is 2. The minimum absolute atomic E-state index is 0. The monoisotopic (exact) mass is 557 g/mol. The van der Waals surface area contributed by atoms with E-state index in [4.69, 9.17) is 0 Å². The van der Waals surface area contributed by atoms with Crippen molar-refractivity contribution in [3.63, 3.8) is 0 Å². The van der Waals surface area contributed by atoms with Crippen molar-refractivity contribution >= 4 is 36.0 Å². The fourth-order valence-electron chi connectivity index (χ4n) is 4.39. The van der Waals surface area contributed by atoms with Gasteiger partial charge in [-0.3, -0.25) is 14.6 Å². The van der Waals surface area contributed by atoms with Crippen LogP contribution >= 0.6 is 24.2 Å². The number of pyridine rings is 1. The molecule has 4 rings (SSSR count). The van der Waals surface area contributed by atoms with Gasteiger partial charge in [-0.15, -0.1) is 22.6 Å². The summed E-state index contributed by atoms with van der Waals surface area (Å²) in [6, 6.07) is 13.9. The van der Waals surface area contributed by atoms with E-state index in [1.54, 1.807) is 12.4 Å². The highest BCUT2D eigenvalue weighted by Gasteiger charge is 2.18. The zero-order valence-corrected chi connectivity index (χ0v) is 23.3. The summed E-state index contributed by atoms with van der Waals surface area (Å²) in [4.78, 5) is 31.6. The van der Waals surface area contributed by atoms with Crippen molar-refractivity contribution in [3.05, 3.63) is 60.4 Å². The lowest BCUT2D eigenvalue weighted by atomic mass is 10.0. The number of hydrogen-bond acceptors (Lipinski definition) is 7. The van der Waals surface area contributed by atoms with Crippen molar-refractivity contribution in [2.24, 2.45) is 7.05 Å². The lowest BCUT2D eigenvalue weighted by Gasteiger charge is -2.23. The third-order valence-electron chi connectivity index (χ3n) is 6.44. The zero-order valence-electron chi connectivity index (χ0n) is 21.7. The highest BCUT2D eigenvalue weighted by molar-refractivity contribution is 7.99. The summed E-state index contributed by atoms with van der Waals surface area (Å²) in [5.74, 6) is 1.58. The number of carbonyl (C=O) groups is 2. The van der Waals surface area contributed by atoms with E-state index in [-0.39, 0.29) is 30.3 Å². The van der Waals surface area contributed by atoms with E-state index in [2.05, 4.69) is 37.9 Å². The van der Waals surface area contributed by atoms with Gasteiger partial charge in [-0.1, -0.05) is 42.1 Å². The molecule has 0 radical (unpaired) electrons. The maximum Gasteiger partial charge on any atom is 0.223 e. The van der Waals surface area contributed by atoms with Crippen LogP contribution in [0.3, 0.4) is 0 Å². The summed E-state index contributed by atoms with van der Waals surface area (Å²) in [5, 5.41) is 15.9. The first-order chi connectivity index (χ1) is 18.1. The minimum Gasteiger partial charge on any atom is -0.356 e. The number of thioether (sulfide) groups is 1. The molecule has 0 bridgehead atoms. The Labute approximate surface area is 234 Å². The average Bonchev–Trinajstić information content (AvgIpc) is 3.30. The summed E-state index contributed by atoms with van der Waals surface area (Å²) in [5.41, 5.74) is 2.08. The second kappa shape index (κ2) is 15.5. The van der Waals surface area contributed by atoms with Crippen LogP contribution < -0.4 is 10.6 Å². The van der Waals surface area contributed by atoms with Gasteiger partial charge >= 0.3 is 0 Å². The van der Waals surface area contributed by atoms with Gasteiger partial charge in [-0.2, -0.15) is 0 Å². The molecular formula is C27H36ClN7O2S. The topological polar surface area (TPSA) is 105 Å². The number of halogens is 1. The van der Waals surface area contributed by atoms with Gasteiger partial charge in [0.1, 0.15) is 0 Å². The molecule has 1 unspecified atom stereocenters. The molecule has 38 heavy (non-hydrogen) atoms. The standard InChI is InChI=1S/C27H35N7O2S.ClH/c1-33-26(22-10-15-28-16-11-22)31-32-27(33)37-19-12-25(36)34-17-6-5-13-29-23(21-8-3-2-4-9-21)20-24(35)30-14-7-18-34;/h2-4,8-11,15-16,23,29H,5-7,12-14,17-20H2,1H3,(H,30,35);1H. The Bertz CT molecular complexity index is 1150. The number of rotatable bonds is 6. The van der Waals surface area contributed by atoms with Crippen molar-refractivity contribution in [2.45, 2.75) is 43.3 Å². The van der Waals surface area contributed by atoms with Gasteiger partial charge in [0.15, 0.2) is 11.0 Å². The van der Waals surface area contributed by atoms with Crippen LogP contribution in [0.25, 0.3) is 11.4 Å². The van der Waals surface area contributed by atoms with Crippen molar-refractivity contribution in [1.29, 1.82) is 0 Å². The van der Waals surface area contributed by atoms with Gasteiger partial charge in [-0.05, 0) is 43.5 Å². The summed E-state index contributed by atoms with van der Waals surface area (Å²) in [7, 11) is 1.93. The van der Waals surface area contributed by atoms with E-state index in [1.165, 1.54) is 11.8 Å². The normalized spacial score (nSPS) is 17.3. The summed E-state index contributed by atoms with van der Waals surface area (Å²) in [6.45, 7) is 2.74. The largest absolute Gasteiger partial charge is 0.356 e. The molecule has 1 atom stereocenters. The van der Waals surface area contributed by atoms with Crippen LogP contribution in [0.15, 0.2) is 60.0 Å². The zero-order chi connectivity index (χ0) is 25.9. The number of benzene rings is 1. The summed E-state index contributed by atoms with van der Waals surface area (Å²) < 4.78 is 1.95. The molecule has 1 fully saturated rings. The van der Waals surface area contributed by atoms with Gasteiger partial charge in [0, 0.05) is 69.3 Å². The smallest absolute Gasteiger partial charge is 0.223 e. The first-order valence-corrected chi connectivity index (χ1v) is 13.9. The number of amides is 2. The van der Waals surface area contributed by atoms with Crippen LogP contribution in [0.5, 0.6) is 0 Å². The van der Waals surface area contributed by atoms with E-state index >= 15 is 0 Å². The molecular weight excluding hydrogens is 522 g/mol. The average molecular weight is 558 g/mol. The summed E-state index contributed by atoms with van der Waals surface area (Å²) >= 11 is 1.54. The third kappa shape index (κ3) is 8.54. The molecule has 1 saturated heterocycles. The van der Waals surface area contributed by atoms with Crippen molar-refractivity contribution in [3.8, 4) is 11.4 Å². The third-order valence-corrected chi connectivity index (χ3v) is 7.46. The Morgan fingerprint density at radius 2 is 1.79 bits per heavy atom. The fraction of sp³-hybridized carbons (Fsp3) is 0.444. The SMILES string of the molecule is Cl.Cn1c(SCCC(=O)N2CCCCNC(c3ccccc3)CC(=O)NCCC2)nnc1-c1ccncc1. The second-order valence-corrected chi connectivity index (χ2v) is 10.2. The van der Waals surface area contributed by atoms with Crippen LogP contribution in [-0.4, -0.2) is 68.4 Å². The van der Waals surface area contributed by atoms with E-state index in [0.717, 1.165) is 54.5 Å². The number of aromatic nitrogens is 4. The van der Waals surface area contributed by atoms with E-state index in [9.17, 15) is 9.59 Å². The molecule has 1 aromatic carbocycles. The van der Waals surface area contributed by atoms with Gasteiger partial charge in [0.05, 0.1) is 0 Å². The lowest BCUT2D eigenvalue weighted by molar-refractivity contribution is -0.130.